The Morgan fingerprint density at radius 1 is 1.02 bits per heavy atom. The number of nitrogens with zero attached hydrogens (tertiary/aromatic N) is 2. The summed E-state index contributed by atoms with van der Waals surface area (Å²) in [7, 11) is 1.24. The van der Waals surface area contributed by atoms with Gasteiger partial charge in [0.15, 0.2) is 0 Å². The number of pyridine rings is 1. The second-order valence-electron chi connectivity index (χ2n) is 10.8. The molecular formula is C30H43N5O5. The van der Waals surface area contributed by atoms with Gasteiger partial charge < -0.3 is 20.5 Å². The molecule has 1 aliphatic rings. The number of rotatable bonds is 13. The van der Waals surface area contributed by atoms with E-state index in [0.717, 1.165) is 31.2 Å². The Labute approximate surface area is 236 Å². The number of amides is 3. The largest absolute Gasteiger partial charge is 0.453 e. The number of hydrogen-bond donors (Lipinski definition) is 4. The van der Waals surface area contributed by atoms with Gasteiger partial charge in [0, 0.05) is 19.3 Å². The molecule has 1 heterocycles. The van der Waals surface area contributed by atoms with Crippen molar-refractivity contribution in [1.29, 1.82) is 0 Å². The van der Waals surface area contributed by atoms with Gasteiger partial charge in [0.1, 0.15) is 11.7 Å². The van der Waals surface area contributed by atoms with E-state index in [-0.39, 0.29) is 24.1 Å². The Kier molecular flexibility index (Phi) is 12.4. The van der Waals surface area contributed by atoms with Crippen LogP contribution in [0.3, 0.4) is 0 Å². The molecule has 0 bridgehead atoms. The number of ether oxygens (including phenoxy) is 1. The number of hydrazine groups is 1. The third-order valence-corrected chi connectivity index (χ3v) is 7.27. The lowest BCUT2D eigenvalue weighted by Crippen LogP contribution is -2.58. The van der Waals surface area contributed by atoms with Crippen molar-refractivity contribution in [3.05, 3.63) is 66.0 Å². The summed E-state index contributed by atoms with van der Waals surface area (Å²) in [5.74, 6) is -0.595. The molecule has 1 aromatic carbocycles. The van der Waals surface area contributed by atoms with E-state index in [1.54, 1.807) is 29.4 Å². The lowest BCUT2D eigenvalue weighted by Gasteiger charge is -2.34. The van der Waals surface area contributed by atoms with Crippen LogP contribution in [-0.4, -0.2) is 71.4 Å². The summed E-state index contributed by atoms with van der Waals surface area (Å²) < 4.78 is 4.70. The molecule has 1 fully saturated rings. The first-order valence-electron chi connectivity index (χ1n) is 14.1. The standard InChI is InChI=1S/C30H43N5O5/c1-21(2)27(33-30(39)40-3)29(38)32-25(18-22-12-6-4-7-13-22)26(36)20-35(19-23-14-8-5-9-15-23)34-28(37)24-16-10-11-17-31-24/h4,6-7,10-13,16-17,21,23,25-27,36H,5,8-9,14-15,18-20H2,1-3H3,(H,32,38)(H,33,39)(H,34,37)/t25?,26?,27-/m0/s1. The Morgan fingerprint density at radius 2 is 1.73 bits per heavy atom. The summed E-state index contributed by atoms with van der Waals surface area (Å²) in [6.45, 7) is 4.33. The van der Waals surface area contributed by atoms with Crippen LogP contribution in [0.5, 0.6) is 0 Å². The van der Waals surface area contributed by atoms with Crippen molar-refractivity contribution in [2.75, 3.05) is 20.2 Å². The maximum atomic E-state index is 13.3. The molecule has 0 radical (unpaired) electrons. The molecule has 40 heavy (non-hydrogen) atoms. The first-order valence-corrected chi connectivity index (χ1v) is 14.1. The SMILES string of the molecule is COC(=O)N[C@H](C(=O)NC(Cc1ccccc1)C(O)CN(CC1CCCCC1)NC(=O)c1ccccn1)C(C)C. The second kappa shape index (κ2) is 15.9. The molecule has 0 saturated heterocycles. The van der Waals surface area contributed by atoms with Gasteiger partial charge in [-0.05, 0) is 48.8 Å². The van der Waals surface area contributed by atoms with E-state index in [1.807, 2.05) is 44.2 Å². The third-order valence-electron chi connectivity index (χ3n) is 7.27. The molecule has 218 valence electrons. The number of alkyl carbamates (subject to hydrolysis) is 1. The number of carbonyl (C=O) groups is 3. The third kappa shape index (κ3) is 9.91. The molecule has 1 aromatic heterocycles. The van der Waals surface area contributed by atoms with Crippen LogP contribution in [0.4, 0.5) is 4.79 Å². The Hall–Kier alpha value is -3.50. The van der Waals surface area contributed by atoms with E-state index in [9.17, 15) is 19.5 Å². The number of aliphatic hydroxyl groups is 1. The normalized spacial score (nSPS) is 16.1. The van der Waals surface area contributed by atoms with Crippen LogP contribution in [-0.2, 0) is 16.0 Å². The summed E-state index contributed by atoms with van der Waals surface area (Å²) in [5, 5.41) is 18.8. The summed E-state index contributed by atoms with van der Waals surface area (Å²) in [4.78, 5) is 42.3. The van der Waals surface area contributed by atoms with Gasteiger partial charge >= 0.3 is 6.09 Å². The predicted octanol–water partition coefficient (Wildman–Crippen LogP) is 3.08. The first kappa shape index (κ1) is 31.0. The molecule has 10 heteroatoms. The van der Waals surface area contributed by atoms with Crippen molar-refractivity contribution in [2.45, 2.75) is 70.6 Å². The van der Waals surface area contributed by atoms with Gasteiger partial charge in [-0.15, -0.1) is 0 Å². The molecular weight excluding hydrogens is 510 g/mol. The summed E-state index contributed by atoms with van der Waals surface area (Å²) in [6, 6.07) is 13.2. The zero-order chi connectivity index (χ0) is 28.9. The Morgan fingerprint density at radius 3 is 2.35 bits per heavy atom. The van der Waals surface area contributed by atoms with Crippen LogP contribution >= 0.6 is 0 Å². The maximum Gasteiger partial charge on any atom is 0.407 e. The summed E-state index contributed by atoms with van der Waals surface area (Å²) in [5.41, 5.74) is 4.16. The number of hydrogen-bond acceptors (Lipinski definition) is 7. The van der Waals surface area contributed by atoms with Gasteiger partial charge in [-0.1, -0.05) is 69.5 Å². The minimum absolute atomic E-state index is 0.101. The van der Waals surface area contributed by atoms with Gasteiger partial charge in [0.2, 0.25) is 5.91 Å². The predicted molar refractivity (Wildman–Crippen MR) is 152 cm³/mol. The smallest absolute Gasteiger partial charge is 0.407 e. The average Bonchev–Trinajstić information content (AvgIpc) is 2.96. The van der Waals surface area contributed by atoms with Crippen LogP contribution in [0.15, 0.2) is 54.7 Å². The number of methoxy groups -OCH3 is 1. The molecule has 1 saturated carbocycles. The number of carbonyl (C=O) groups excluding carboxylic acids is 3. The average molecular weight is 554 g/mol. The number of aliphatic hydroxyl groups excluding tert-OH is 1. The molecule has 3 amide bonds. The van der Waals surface area contributed by atoms with E-state index in [0.29, 0.717) is 18.9 Å². The fraction of sp³-hybridized carbons (Fsp3) is 0.533. The highest BCUT2D eigenvalue weighted by atomic mass is 16.5. The highest BCUT2D eigenvalue weighted by Crippen LogP contribution is 2.24. The first-order chi connectivity index (χ1) is 19.3. The molecule has 0 spiro atoms. The minimum atomic E-state index is -1.03. The zero-order valence-corrected chi connectivity index (χ0v) is 23.7. The molecule has 0 aliphatic heterocycles. The van der Waals surface area contributed by atoms with E-state index in [2.05, 4.69) is 21.0 Å². The van der Waals surface area contributed by atoms with E-state index >= 15 is 0 Å². The Balaban J connectivity index is 1.79. The topological polar surface area (TPSA) is 133 Å². The lowest BCUT2D eigenvalue weighted by atomic mass is 9.89. The quantitative estimate of drug-likeness (QED) is 0.280. The van der Waals surface area contributed by atoms with Gasteiger partial charge in [0.05, 0.1) is 19.3 Å². The summed E-state index contributed by atoms with van der Waals surface area (Å²) in [6.07, 6.45) is 5.82. The molecule has 1 aliphatic carbocycles. The van der Waals surface area contributed by atoms with Crippen molar-refractivity contribution in [1.82, 2.24) is 26.1 Å². The van der Waals surface area contributed by atoms with Crippen molar-refractivity contribution >= 4 is 17.9 Å². The van der Waals surface area contributed by atoms with Crippen LogP contribution < -0.4 is 16.1 Å². The number of nitrogens with one attached hydrogen (secondary N) is 3. The lowest BCUT2D eigenvalue weighted by molar-refractivity contribution is -0.125. The second-order valence-corrected chi connectivity index (χ2v) is 10.8. The number of aromatic nitrogens is 1. The monoisotopic (exact) mass is 553 g/mol. The molecule has 4 N–H and O–H groups in total. The summed E-state index contributed by atoms with van der Waals surface area (Å²) >= 11 is 0. The van der Waals surface area contributed by atoms with Crippen LogP contribution in [0.25, 0.3) is 0 Å². The van der Waals surface area contributed by atoms with Crippen molar-refractivity contribution < 1.29 is 24.2 Å². The molecule has 2 unspecified atom stereocenters. The van der Waals surface area contributed by atoms with Crippen LogP contribution in [0.2, 0.25) is 0 Å². The van der Waals surface area contributed by atoms with Gasteiger partial charge in [-0.3, -0.25) is 20.0 Å². The van der Waals surface area contributed by atoms with E-state index < -0.39 is 30.2 Å². The fourth-order valence-electron chi connectivity index (χ4n) is 5.04. The van der Waals surface area contributed by atoms with E-state index in [1.165, 1.54) is 13.5 Å². The maximum absolute atomic E-state index is 13.3. The van der Waals surface area contributed by atoms with Crippen LogP contribution in [0.1, 0.15) is 62.0 Å². The van der Waals surface area contributed by atoms with E-state index in [4.69, 9.17) is 4.74 Å². The number of benzene rings is 1. The minimum Gasteiger partial charge on any atom is -0.453 e. The zero-order valence-electron chi connectivity index (χ0n) is 23.7. The highest BCUT2D eigenvalue weighted by molar-refractivity contribution is 5.91. The van der Waals surface area contributed by atoms with Gasteiger partial charge in [-0.2, -0.15) is 0 Å². The fourth-order valence-corrected chi connectivity index (χ4v) is 5.04. The van der Waals surface area contributed by atoms with Crippen molar-refractivity contribution in [3.63, 3.8) is 0 Å². The molecule has 10 nitrogen and oxygen atoms in total. The molecule has 3 rings (SSSR count). The molecule has 2 aromatic rings. The van der Waals surface area contributed by atoms with Gasteiger partial charge in [0.25, 0.3) is 5.91 Å². The van der Waals surface area contributed by atoms with Gasteiger partial charge in [-0.25, -0.2) is 9.80 Å². The van der Waals surface area contributed by atoms with Crippen LogP contribution in [0, 0.1) is 11.8 Å². The Bertz CT molecular complexity index is 1060. The highest BCUT2D eigenvalue weighted by Gasteiger charge is 2.31. The van der Waals surface area contributed by atoms with Crippen molar-refractivity contribution in [2.24, 2.45) is 11.8 Å². The molecule has 3 atom stereocenters. The van der Waals surface area contributed by atoms with Crippen molar-refractivity contribution in [3.8, 4) is 0 Å².